The van der Waals surface area contributed by atoms with E-state index in [1.54, 1.807) is 51.1 Å². The van der Waals surface area contributed by atoms with Crippen molar-refractivity contribution < 1.29 is 53.7 Å². The highest BCUT2D eigenvalue weighted by Crippen LogP contribution is 2.10. The summed E-state index contributed by atoms with van der Waals surface area (Å²) in [5, 5.41) is 46.9. The van der Waals surface area contributed by atoms with E-state index in [4.69, 9.17) is 5.73 Å². The third kappa shape index (κ3) is 16.0. The van der Waals surface area contributed by atoms with Gasteiger partial charge in [0, 0.05) is 24.7 Å². The first kappa shape index (κ1) is 50.2. The summed E-state index contributed by atoms with van der Waals surface area (Å²) in [6.45, 7) is 9.90. The molecule has 7 amide bonds. The van der Waals surface area contributed by atoms with E-state index in [0.717, 1.165) is 0 Å². The summed E-state index contributed by atoms with van der Waals surface area (Å²) >= 11 is 0. The Labute approximate surface area is 348 Å². The Morgan fingerprint density at radius 2 is 1.22 bits per heavy atom. The van der Waals surface area contributed by atoms with Gasteiger partial charge in [-0.2, -0.15) is 0 Å². The predicted molar refractivity (Wildman–Crippen MR) is 216 cm³/mol. The topological polar surface area (TPSA) is 336 Å². The molecule has 13 N–H and O–H groups in total. The molecule has 0 aliphatic carbocycles. The molecule has 60 heavy (non-hydrogen) atoms. The van der Waals surface area contributed by atoms with E-state index >= 15 is 0 Å². The maximum Gasteiger partial charge on any atom is 0.325 e. The maximum atomic E-state index is 14.1. The number of aromatic nitrogens is 2. The lowest BCUT2D eigenvalue weighted by atomic mass is 9.99. The van der Waals surface area contributed by atoms with E-state index in [1.165, 1.54) is 33.3 Å². The van der Waals surface area contributed by atoms with Crippen LogP contribution < -0.4 is 43.0 Å². The van der Waals surface area contributed by atoms with Gasteiger partial charge in [0.05, 0.1) is 31.1 Å². The quantitative estimate of drug-likeness (QED) is 0.0506. The number of aliphatic hydroxyl groups is 2. The van der Waals surface area contributed by atoms with Crippen molar-refractivity contribution in [1.82, 2.24) is 47.2 Å². The number of benzene rings is 1. The van der Waals surface area contributed by atoms with Crippen molar-refractivity contribution in [3.8, 4) is 0 Å². The molecule has 0 radical (unpaired) electrons. The highest BCUT2D eigenvalue weighted by molar-refractivity contribution is 5.97. The molecule has 21 heteroatoms. The highest BCUT2D eigenvalue weighted by Gasteiger charge is 2.35. The van der Waals surface area contributed by atoms with Gasteiger partial charge in [-0.3, -0.25) is 38.4 Å². The predicted octanol–water partition coefficient (Wildman–Crippen LogP) is -2.88. The molecule has 332 valence electrons. The lowest BCUT2D eigenvalue weighted by Gasteiger charge is -2.28. The number of aromatic amines is 1. The number of aliphatic hydroxyl groups excluding tert-OH is 2. The van der Waals surface area contributed by atoms with Crippen LogP contribution in [0.1, 0.15) is 66.1 Å². The zero-order valence-corrected chi connectivity index (χ0v) is 34.9. The van der Waals surface area contributed by atoms with Gasteiger partial charge >= 0.3 is 5.97 Å². The molecule has 1 aromatic carbocycles. The average Bonchev–Trinajstić information content (AvgIpc) is 3.71. The highest BCUT2D eigenvalue weighted by atomic mass is 16.4. The number of hydrogen-bond donors (Lipinski definition) is 12. The van der Waals surface area contributed by atoms with Gasteiger partial charge < -0.3 is 63.3 Å². The number of H-pyrrole nitrogens is 1. The molecule has 1 heterocycles. The van der Waals surface area contributed by atoms with E-state index in [-0.39, 0.29) is 18.8 Å². The number of carbonyl (C=O) groups excluding carboxylic acids is 7. The Morgan fingerprint density at radius 1 is 0.683 bits per heavy atom. The molecule has 0 saturated heterocycles. The summed E-state index contributed by atoms with van der Waals surface area (Å²) in [5.74, 6) is -8.02. The minimum atomic E-state index is -1.62. The van der Waals surface area contributed by atoms with Gasteiger partial charge in [0.1, 0.15) is 36.3 Å². The Bertz CT molecular complexity index is 1760. The van der Waals surface area contributed by atoms with E-state index < -0.39 is 114 Å². The normalized spacial score (nSPS) is 16.2. The third-order valence-electron chi connectivity index (χ3n) is 9.63. The SMILES string of the molecule is CC[C@H](C)[C@H](N)C(=O)N[C@H](C(=O)NCC(=O)N[C@H](C(=O)N[C@@H](Cc1ccccc1)C(=O)N[C@@H](Cc1cnc[nH]1)C(=O)N[C@H](C(=O)N[C@@H](C)C(=O)O)[C@@H](C)O)C(C)C)[C@@H](C)O. The third-order valence-corrected chi connectivity index (χ3v) is 9.63. The lowest BCUT2D eigenvalue weighted by molar-refractivity contribution is -0.142. The van der Waals surface area contributed by atoms with E-state index in [1.807, 2.05) is 6.92 Å². The molecule has 0 fully saturated rings. The number of nitrogens with two attached hydrogens (primary N) is 1. The molecule has 1 aromatic heterocycles. The van der Waals surface area contributed by atoms with Crippen LogP contribution in [0, 0.1) is 11.8 Å². The zero-order valence-electron chi connectivity index (χ0n) is 34.9. The number of carboxylic acid groups (broad SMARTS) is 1. The number of nitrogens with zero attached hydrogens (tertiary/aromatic N) is 1. The monoisotopic (exact) mass is 844 g/mol. The molecule has 10 atom stereocenters. The largest absolute Gasteiger partial charge is 0.480 e. The van der Waals surface area contributed by atoms with Crippen LogP contribution in [0.25, 0.3) is 0 Å². The van der Waals surface area contributed by atoms with Crippen molar-refractivity contribution in [3.63, 3.8) is 0 Å². The number of hydrogen-bond acceptors (Lipinski definition) is 12. The minimum Gasteiger partial charge on any atom is -0.480 e. The molecule has 21 nitrogen and oxygen atoms in total. The van der Waals surface area contributed by atoms with Crippen molar-refractivity contribution in [2.75, 3.05) is 6.54 Å². The van der Waals surface area contributed by atoms with Crippen molar-refractivity contribution in [1.29, 1.82) is 0 Å². The van der Waals surface area contributed by atoms with Crippen LogP contribution in [0.5, 0.6) is 0 Å². The molecule has 0 aliphatic rings. The first-order valence-electron chi connectivity index (χ1n) is 19.6. The fraction of sp³-hybridized carbons (Fsp3) is 0.564. The molecule has 0 saturated carbocycles. The van der Waals surface area contributed by atoms with Gasteiger partial charge in [0.15, 0.2) is 0 Å². The van der Waals surface area contributed by atoms with Crippen molar-refractivity contribution in [2.45, 2.75) is 122 Å². The van der Waals surface area contributed by atoms with Crippen LogP contribution in [0.3, 0.4) is 0 Å². The van der Waals surface area contributed by atoms with Crippen LogP contribution in [-0.4, -0.2) is 134 Å². The second-order valence-corrected chi connectivity index (χ2v) is 15.0. The van der Waals surface area contributed by atoms with Gasteiger partial charge in [0.2, 0.25) is 41.4 Å². The number of nitrogens with one attached hydrogen (secondary N) is 8. The van der Waals surface area contributed by atoms with Gasteiger partial charge in [-0.25, -0.2) is 4.98 Å². The summed E-state index contributed by atoms with van der Waals surface area (Å²) < 4.78 is 0. The van der Waals surface area contributed by atoms with E-state index in [9.17, 15) is 53.7 Å². The van der Waals surface area contributed by atoms with Gasteiger partial charge in [0.25, 0.3) is 0 Å². The standard InChI is InChI=1S/C39H60N10O11/c1-8-20(4)29(40)35(55)49-31(22(6)50)36(56)42-17-28(52)47-30(19(2)3)37(57)46-26(14-24-12-10-9-11-13-24)33(53)45-27(15-25-16-41-18-43-25)34(54)48-32(23(7)51)38(58)44-21(5)39(59)60/h9-13,16,18-23,26-27,29-32,50-51H,8,14-15,17,40H2,1-7H3,(H,41,43)(H,42,56)(H,44,58)(H,45,53)(H,46,57)(H,47,52)(H,48,54)(H,49,55)(H,59,60)/t20-,21-,22+,23+,26-,27-,29-,30-,31-,32-/m0/s1. The van der Waals surface area contributed by atoms with E-state index in [2.05, 4.69) is 47.2 Å². The van der Waals surface area contributed by atoms with Gasteiger partial charge in [-0.05, 0) is 38.2 Å². The number of carboxylic acids is 1. The van der Waals surface area contributed by atoms with Crippen LogP contribution in [0.15, 0.2) is 42.9 Å². The Hall–Kier alpha value is -5.93. The Kier molecular flexibility index (Phi) is 20.3. The minimum absolute atomic E-state index is 0.0788. The molecule has 0 aliphatic heterocycles. The molecular formula is C39H60N10O11. The maximum absolute atomic E-state index is 14.1. The molecule has 0 spiro atoms. The molecular weight excluding hydrogens is 784 g/mol. The fourth-order valence-electron chi connectivity index (χ4n) is 5.65. The first-order chi connectivity index (χ1) is 28.2. The second kappa shape index (κ2) is 24.2. The molecule has 0 bridgehead atoms. The summed E-state index contributed by atoms with van der Waals surface area (Å²) in [5.41, 5.74) is 6.97. The number of aliphatic carboxylic acids is 1. The van der Waals surface area contributed by atoms with Crippen molar-refractivity contribution in [3.05, 3.63) is 54.1 Å². The average molecular weight is 845 g/mol. The summed E-state index contributed by atoms with van der Waals surface area (Å²) in [6, 6.07) is -0.783. The number of amides is 7. The van der Waals surface area contributed by atoms with Crippen molar-refractivity contribution >= 4 is 47.3 Å². The molecule has 2 aromatic rings. The Balaban J connectivity index is 2.29. The zero-order chi connectivity index (χ0) is 45.3. The van der Waals surface area contributed by atoms with Crippen LogP contribution >= 0.6 is 0 Å². The Morgan fingerprint density at radius 3 is 1.75 bits per heavy atom. The number of imidazole rings is 1. The molecule has 0 unspecified atom stereocenters. The number of rotatable bonds is 24. The van der Waals surface area contributed by atoms with Crippen LogP contribution in [0.4, 0.5) is 0 Å². The van der Waals surface area contributed by atoms with Crippen LogP contribution in [-0.2, 0) is 51.2 Å². The fourth-order valence-corrected chi connectivity index (χ4v) is 5.65. The van der Waals surface area contributed by atoms with Crippen LogP contribution in [0.2, 0.25) is 0 Å². The second-order valence-electron chi connectivity index (χ2n) is 15.0. The first-order valence-corrected chi connectivity index (χ1v) is 19.6. The van der Waals surface area contributed by atoms with E-state index in [0.29, 0.717) is 17.7 Å². The molecule has 2 rings (SSSR count). The van der Waals surface area contributed by atoms with Crippen molar-refractivity contribution in [2.24, 2.45) is 17.6 Å². The van der Waals surface area contributed by atoms with Gasteiger partial charge in [-0.15, -0.1) is 0 Å². The summed E-state index contributed by atoms with van der Waals surface area (Å²) in [7, 11) is 0. The van der Waals surface area contributed by atoms with Gasteiger partial charge in [-0.1, -0.05) is 64.4 Å². The smallest absolute Gasteiger partial charge is 0.325 e. The lowest BCUT2D eigenvalue weighted by Crippen LogP contribution is -2.61. The number of carbonyl (C=O) groups is 8. The summed E-state index contributed by atoms with van der Waals surface area (Å²) in [4.78, 5) is 111. The summed E-state index contributed by atoms with van der Waals surface area (Å²) in [6.07, 6.45) is 0.222.